The highest BCUT2D eigenvalue weighted by Crippen LogP contribution is 2.41. The fourth-order valence-electron chi connectivity index (χ4n) is 2.82. The highest BCUT2D eigenvalue weighted by molar-refractivity contribution is 7.60. The van der Waals surface area contributed by atoms with Crippen molar-refractivity contribution >= 4 is 18.9 Å². The van der Waals surface area contributed by atoms with Crippen LogP contribution in [-0.4, -0.2) is 22.4 Å². The summed E-state index contributed by atoms with van der Waals surface area (Å²) in [5.74, 6) is -0.117. The van der Waals surface area contributed by atoms with E-state index in [0.717, 1.165) is 11.1 Å². The Hall–Kier alpha value is -1.16. The number of carbonyl (C=O) groups is 1. The second-order valence-corrected chi connectivity index (χ2v) is 8.73. The first kappa shape index (κ1) is 19.9. The van der Waals surface area contributed by atoms with E-state index >= 15 is 0 Å². The van der Waals surface area contributed by atoms with Crippen LogP contribution in [0.2, 0.25) is 0 Å². The molecule has 0 aliphatic carbocycles. The van der Waals surface area contributed by atoms with Gasteiger partial charge in [-0.05, 0) is 42.5 Å². The highest BCUT2D eigenvalue weighted by atomic mass is 31.2. The van der Waals surface area contributed by atoms with Crippen molar-refractivity contribution in [3.05, 3.63) is 28.8 Å². The van der Waals surface area contributed by atoms with Crippen LogP contribution < -0.4 is 5.30 Å². The summed E-state index contributed by atoms with van der Waals surface area (Å²) >= 11 is 0. The van der Waals surface area contributed by atoms with Crippen molar-refractivity contribution < 1.29 is 23.9 Å². The first-order valence-corrected chi connectivity index (χ1v) is 9.29. The molecule has 0 aliphatic rings. The third kappa shape index (κ3) is 5.45. The molecule has 1 aromatic carbocycles. The summed E-state index contributed by atoms with van der Waals surface area (Å²) in [6.45, 7) is 11.5. The highest BCUT2D eigenvalue weighted by Gasteiger charge is 2.34. The average molecular weight is 342 g/mol. The normalized spacial score (nSPS) is 12.6. The third-order valence-corrected chi connectivity index (χ3v) is 4.59. The van der Waals surface area contributed by atoms with Crippen LogP contribution in [0.4, 0.5) is 0 Å². The Morgan fingerprint density at radius 3 is 2.30 bits per heavy atom. The van der Waals surface area contributed by atoms with E-state index in [1.54, 1.807) is 20.8 Å². The first-order valence-electron chi connectivity index (χ1n) is 7.68. The van der Waals surface area contributed by atoms with Gasteiger partial charge in [0.15, 0.2) is 0 Å². The van der Waals surface area contributed by atoms with Crippen molar-refractivity contribution in [2.45, 2.75) is 53.4 Å². The zero-order valence-electron chi connectivity index (χ0n) is 14.7. The topological polar surface area (TPSA) is 83.8 Å². The molecule has 5 nitrogen and oxygen atoms in total. The summed E-state index contributed by atoms with van der Waals surface area (Å²) in [7, 11) is -4.43. The summed E-state index contributed by atoms with van der Waals surface area (Å²) in [5.41, 5.74) is 1.34. The summed E-state index contributed by atoms with van der Waals surface area (Å²) in [4.78, 5) is 31.4. The Balaban J connectivity index is 3.22. The molecule has 2 N–H and O–H groups in total. The van der Waals surface area contributed by atoms with Crippen LogP contribution in [0.15, 0.2) is 12.1 Å². The van der Waals surface area contributed by atoms with Gasteiger partial charge in [-0.25, -0.2) is 0 Å². The Bertz CT molecular complexity index is 628. The molecule has 0 atom stereocenters. The molecule has 1 rings (SSSR count). The molecule has 0 amide bonds. The number of hydrogen-bond donors (Lipinski definition) is 2. The van der Waals surface area contributed by atoms with E-state index in [0.29, 0.717) is 12.2 Å². The predicted octanol–water partition coefficient (Wildman–Crippen LogP) is 2.97. The molecule has 0 radical (unpaired) electrons. The number of ether oxygens (including phenoxy) is 1. The molecule has 0 aliphatic heterocycles. The molecule has 0 spiro atoms. The van der Waals surface area contributed by atoms with Crippen LogP contribution in [-0.2, 0) is 19.5 Å². The SMILES string of the molecule is Cc1cc(C)c(C(C)(C)CC(=O)OCC(C)C)c(P(=O)(O)O)c1. The zero-order chi connectivity index (χ0) is 18.0. The van der Waals surface area contributed by atoms with Crippen molar-refractivity contribution in [2.24, 2.45) is 5.92 Å². The third-order valence-electron chi connectivity index (χ3n) is 3.61. The lowest BCUT2D eigenvalue weighted by molar-refractivity contribution is -0.146. The molecule has 0 fully saturated rings. The van der Waals surface area contributed by atoms with Crippen molar-refractivity contribution in [2.75, 3.05) is 6.61 Å². The molecule has 0 aromatic heterocycles. The van der Waals surface area contributed by atoms with Gasteiger partial charge < -0.3 is 14.5 Å². The summed E-state index contributed by atoms with van der Waals surface area (Å²) in [6, 6.07) is 3.38. The monoisotopic (exact) mass is 342 g/mol. The summed E-state index contributed by atoms with van der Waals surface area (Å²) in [5, 5.41) is -0.00309. The van der Waals surface area contributed by atoms with Crippen LogP contribution in [0.5, 0.6) is 0 Å². The van der Waals surface area contributed by atoms with Gasteiger partial charge in [-0.15, -0.1) is 0 Å². The first-order chi connectivity index (χ1) is 10.3. The van der Waals surface area contributed by atoms with Gasteiger partial charge in [-0.2, -0.15) is 0 Å². The van der Waals surface area contributed by atoms with Crippen LogP contribution in [0.1, 0.15) is 50.8 Å². The average Bonchev–Trinajstić information content (AvgIpc) is 2.33. The quantitative estimate of drug-likeness (QED) is 0.613. The second-order valence-electron chi connectivity index (χ2n) is 7.16. The minimum Gasteiger partial charge on any atom is -0.465 e. The maximum Gasteiger partial charge on any atom is 0.356 e. The Morgan fingerprint density at radius 2 is 1.83 bits per heavy atom. The van der Waals surface area contributed by atoms with E-state index in [1.807, 2.05) is 26.8 Å². The minimum atomic E-state index is -4.43. The molecule has 130 valence electrons. The summed E-state index contributed by atoms with van der Waals surface area (Å²) in [6.07, 6.45) is 0.0661. The Kier molecular flexibility index (Phi) is 6.19. The van der Waals surface area contributed by atoms with Crippen LogP contribution in [0.25, 0.3) is 0 Å². The van der Waals surface area contributed by atoms with Crippen molar-refractivity contribution in [1.29, 1.82) is 0 Å². The van der Waals surface area contributed by atoms with Gasteiger partial charge in [0, 0.05) is 5.41 Å². The van der Waals surface area contributed by atoms with Gasteiger partial charge >= 0.3 is 13.6 Å². The van der Waals surface area contributed by atoms with E-state index in [2.05, 4.69) is 0 Å². The molecular formula is C17H27O5P. The van der Waals surface area contributed by atoms with Gasteiger partial charge in [-0.1, -0.05) is 33.8 Å². The van der Waals surface area contributed by atoms with Crippen molar-refractivity contribution in [3.63, 3.8) is 0 Å². The van der Waals surface area contributed by atoms with Gasteiger partial charge in [0.05, 0.1) is 18.3 Å². The maximum atomic E-state index is 12.1. The van der Waals surface area contributed by atoms with Crippen LogP contribution in [0, 0.1) is 19.8 Å². The lowest BCUT2D eigenvalue weighted by atomic mass is 9.79. The number of rotatable bonds is 6. The lowest BCUT2D eigenvalue weighted by Gasteiger charge is -2.29. The smallest absolute Gasteiger partial charge is 0.356 e. The van der Waals surface area contributed by atoms with Crippen molar-refractivity contribution in [3.8, 4) is 0 Å². The predicted molar refractivity (Wildman–Crippen MR) is 91.0 cm³/mol. The molecule has 0 unspecified atom stereocenters. The van der Waals surface area contributed by atoms with Gasteiger partial charge in [-0.3, -0.25) is 9.36 Å². The van der Waals surface area contributed by atoms with Gasteiger partial charge in [0.25, 0.3) is 0 Å². The minimum absolute atomic E-state index is 0.00309. The molecule has 0 bridgehead atoms. The molecule has 0 heterocycles. The summed E-state index contributed by atoms with van der Waals surface area (Å²) < 4.78 is 17.1. The second kappa shape index (κ2) is 7.16. The molecule has 0 saturated carbocycles. The Labute approximate surface area is 138 Å². The number of aryl methyl sites for hydroxylation is 2. The fraction of sp³-hybridized carbons (Fsp3) is 0.588. The molecule has 0 saturated heterocycles. The molecular weight excluding hydrogens is 315 g/mol. The van der Waals surface area contributed by atoms with Crippen molar-refractivity contribution in [1.82, 2.24) is 0 Å². The fourth-order valence-corrected chi connectivity index (χ4v) is 3.96. The van der Waals surface area contributed by atoms with Gasteiger partial charge in [0.2, 0.25) is 0 Å². The van der Waals surface area contributed by atoms with E-state index in [4.69, 9.17) is 4.74 Å². The van der Waals surface area contributed by atoms with E-state index in [-0.39, 0.29) is 23.6 Å². The van der Waals surface area contributed by atoms with E-state index < -0.39 is 13.0 Å². The molecule has 23 heavy (non-hydrogen) atoms. The molecule has 6 heteroatoms. The van der Waals surface area contributed by atoms with Crippen LogP contribution in [0.3, 0.4) is 0 Å². The van der Waals surface area contributed by atoms with E-state index in [9.17, 15) is 19.1 Å². The number of benzene rings is 1. The largest absolute Gasteiger partial charge is 0.465 e. The molecule has 1 aromatic rings. The lowest BCUT2D eigenvalue weighted by Crippen LogP contribution is -2.31. The number of carbonyl (C=O) groups excluding carboxylic acids is 1. The standard InChI is InChI=1S/C17H27O5P/c1-11(2)10-22-15(18)9-17(5,6)16-13(4)7-12(3)8-14(16)23(19,20)21/h7-8,11H,9-10H2,1-6H3,(H2,19,20,21). The number of hydrogen-bond acceptors (Lipinski definition) is 3. The van der Waals surface area contributed by atoms with Crippen LogP contribution >= 0.6 is 7.60 Å². The Morgan fingerprint density at radius 1 is 1.26 bits per heavy atom. The van der Waals surface area contributed by atoms with Gasteiger partial charge in [0.1, 0.15) is 0 Å². The van der Waals surface area contributed by atoms with E-state index in [1.165, 1.54) is 6.07 Å². The maximum absolute atomic E-state index is 12.1. The zero-order valence-corrected chi connectivity index (χ0v) is 15.6. The number of esters is 1.